The molecule has 2 heterocycles. The Kier molecular flexibility index (Phi) is 2.67. The van der Waals surface area contributed by atoms with E-state index in [-0.39, 0.29) is 0 Å². The number of nitrogens with zero attached hydrogens (tertiary/aromatic N) is 2. The van der Waals surface area contributed by atoms with Crippen molar-refractivity contribution in [2.75, 3.05) is 18.9 Å². The Morgan fingerprint density at radius 1 is 1.60 bits per heavy atom. The molecular formula is C11H13N3O. The molecule has 0 amide bonds. The van der Waals surface area contributed by atoms with E-state index in [4.69, 9.17) is 4.42 Å². The zero-order valence-corrected chi connectivity index (χ0v) is 8.82. The van der Waals surface area contributed by atoms with E-state index in [9.17, 15) is 0 Å². The molecule has 1 aromatic rings. The summed E-state index contributed by atoms with van der Waals surface area (Å²) in [5, 5.41) is 3.10. The Balaban J connectivity index is 2.45. The number of aryl methyl sites for hydroxylation is 1. The number of anilines is 1. The lowest BCUT2D eigenvalue weighted by Crippen LogP contribution is -1.96. The van der Waals surface area contributed by atoms with Gasteiger partial charge in [-0.3, -0.25) is 9.98 Å². The number of furan rings is 1. The molecule has 2 rings (SSSR count). The minimum atomic E-state index is 0.699. The van der Waals surface area contributed by atoms with Gasteiger partial charge in [-0.2, -0.15) is 0 Å². The van der Waals surface area contributed by atoms with Crippen LogP contribution in [-0.2, 0) is 0 Å². The molecule has 0 atom stereocenters. The Hall–Kier alpha value is -1.84. The van der Waals surface area contributed by atoms with Crippen molar-refractivity contribution in [3.8, 4) is 0 Å². The summed E-state index contributed by atoms with van der Waals surface area (Å²) in [6.07, 6.45) is 7.43. The van der Waals surface area contributed by atoms with Crippen LogP contribution in [0.25, 0.3) is 6.08 Å². The van der Waals surface area contributed by atoms with Crippen molar-refractivity contribution in [2.45, 2.75) is 6.92 Å². The average Bonchev–Trinajstić information content (AvgIpc) is 2.41. The number of hydrogen-bond acceptors (Lipinski definition) is 3. The van der Waals surface area contributed by atoms with E-state index in [2.05, 4.69) is 15.3 Å². The standard InChI is InChI=1S/C11H13N3O/c1-8-11(14-7-12-2)9-4-3-5-13-6-10(9)15-8/h3-4,6-7H,5H2,1-2H3,(H,12,14). The Morgan fingerprint density at radius 3 is 3.27 bits per heavy atom. The fraction of sp³-hybridized carbons (Fsp3) is 0.273. The quantitative estimate of drug-likeness (QED) is 0.591. The number of nitrogens with one attached hydrogen (secondary N) is 1. The van der Waals surface area contributed by atoms with Crippen molar-refractivity contribution < 1.29 is 4.42 Å². The first-order chi connectivity index (χ1) is 7.33. The molecular weight excluding hydrogens is 190 g/mol. The molecule has 1 N–H and O–H groups in total. The summed E-state index contributed by atoms with van der Waals surface area (Å²) in [6.45, 7) is 2.62. The lowest BCUT2D eigenvalue weighted by Gasteiger charge is -1.98. The number of aliphatic imine (C=N–C) groups is 2. The Labute approximate surface area is 88.4 Å². The van der Waals surface area contributed by atoms with E-state index in [1.807, 2.05) is 19.1 Å². The molecule has 0 fully saturated rings. The van der Waals surface area contributed by atoms with Crippen LogP contribution >= 0.6 is 0 Å². The average molecular weight is 203 g/mol. The van der Waals surface area contributed by atoms with E-state index in [0.717, 1.165) is 22.8 Å². The fourth-order valence-electron chi connectivity index (χ4n) is 1.52. The van der Waals surface area contributed by atoms with Crippen molar-refractivity contribution in [1.29, 1.82) is 0 Å². The molecule has 0 spiro atoms. The van der Waals surface area contributed by atoms with Crippen molar-refractivity contribution in [3.05, 3.63) is 23.2 Å². The van der Waals surface area contributed by atoms with E-state index >= 15 is 0 Å². The maximum absolute atomic E-state index is 5.59. The highest BCUT2D eigenvalue weighted by Gasteiger charge is 2.14. The lowest BCUT2D eigenvalue weighted by atomic mass is 10.2. The molecule has 4 heteroatoms. The molecule has 0 aliphatic carbocycles. The van der Waals surface area contributed by atoms with Crippen molar-refractivity contribution in [1.82, 2.24) is 0 Å². The zero-order chi connectivity index (χ0) is 10.7. The molecule has 0 saturated carbocycles. The van der Waals surface area contributed by atoms with Gasteiger partial charge in [-0.15, -0.1) is 0 Å². The van der Waals surface area contributed by atoms with E-state index < -0.39 is 0 Å². The fourth-order valence-corrected chi connectivity index (χ4v) is 1.52. The summed E-state index contributed by atoms with van der Waals surface area (Å²) in [4.78, 5) is 8.07. The summed E-state index contributed by atoms with van der Waals surface area (Å²) >= 11 is 0. The van der Waals surface area contributed by atoms with E-state index in [0.29, 0.717) is 6.54 Å². The van der Waals surface area contributed by atoms with Crippen LogP contribution in [0.15, 0.2) is 20.5 Å². The van der Waals surface area contributed by atoms with Crippen LogP contribution in [0.1, 0.15) is 17.1 Å². The minimum absolute atomic E-state index is 0.699. The summed E-state index contributed by atoms with van der Waals surface area (Å²) < 4.78 is 5.59. The van der Waals surface area contributed by atoms with Gasteiger partial charge in [0.1, 0.15) is 5.76 Å². The summed E-state index contributed by atoms with van der Waals surface area (Å²) in [5.41, 5.74) is 1.99. The first-order valence-corrected chi connectivity index (χ1v) is 4.80. The van der Waals surface area contributed by atoms with Gasteiger partial charge in [0.05, 0.1) is 24.8 Å². The first kappa shape index (κ1) is 9.71. The van der Waals surface area contributed by atoms with E-state index in [1.54, 1.807) is 19.6 Å². The van der Waals surface area contributed by atoms with Crippen LogP contribution in [0.5, 0.6) is 0 Å². The van der Waals surface area contributed by atoms with Gasteiger partial charge in [0.2, 0.25) is 0 Å². The maximum Gasteiger partial charge on any atom is 0.154 e. The van der Waals surface area contributed by atoms with Gasteiger partial charge < -0.3 is 9.73 Å². The second kappa shape index (κ2) is 4.13. The molecule has 15 heavy (non-hydrogen) atoms. The molecule has 4 nitrogen and oxygen atoms in total. The molecule has 78 valence electrons. The van der Waals surface area contributed by atoms with Crippen molar-refractivity contribution in [3.63, 3.8) is 0 Å². The third-order valence-corrected chi connectivity index (χ3v) is 2.19. The predicted octanol–water partition coefficient (Wildman–Crippen LogP) is 2.10. The SMILES string of the molecule is CN=CNc1c(C)oc2c1C=CCN=C2. The second-order valence-electron chi connectivity index (χ2n) is 3.24. The molecule has 1 aliphatic heterocycles. The summed E-state index contributed by atoms with van der Waals surface area (Å²) in [5.74, 6) is 1.64. The van der Waals surface area contributed by atoms with Crippen molar-refractivity contribution in [2.24, 2.45) is 9.98 Å². The molecule has 1 aliphatic rings. The lowest BCUT2D eigenvalue weighted by molar-refractivity contribution is 0.529. The number of hydrogen-bond donors (Lipinski definition) is 1. The molecule has 1 aromatic heterocycles. The van der Waals surface area contributed by atoms with Crippen LogP contribution in [0.2, 0.25) is 0 Å². The van der Waals surface area contributed by atoms with Gasteiger partial charge in [-0.25, -0.2) is 0 Å². The summed E-state index contributed by atoms with van der Waals surface area (Å²) in [6, 6.07) is 0. The monoisotopic (exact) mass is 203 g/mol. The molecule has 0 saturated heterocycles. The van der Waals surface area contributed by atoms with Crippen LogP contribution in [0.4, 0.5) is 5.69 Å². The molecule has 0 unspecified atom stereocenters. The van der Waals surface area contributed by atoms with Crippen LogP contribution < -0.4 is 5.32 Å². The van der Waals surface area contributed by atoms with Gasteiger partial charge in [0.25, 0.3) is 0 Å². The number of rotatable bonds is 2. The molecule has 0 aromatic carbocycles. The zero-order valence-electron chi connectivity index (χ0n) is 8.82. The maximum atomic E-state index is 5.59. The molecule has 0 bridgehead atoms. The van der Waals surface area contributed by atoms with Crippen LogP contribution in [0.3, 0.4) is 0 Å². The normalized spacial score (nSPS) is 14.3. The molecule has 0 radical (unpaired) electrons. The minimum Gasteiger partial charge on any atom is -0.458 e. The number of fused-ring (bicyclic) bond motifs is 1. The highest BCUT2D eigenvalue weighted by atomic mass is 16.3. The summed E-state index contributed by atoms with van der Waals surface area (Å²) in [7, 11) is 1.72. The predicted molar refractivity (Wildman–Crippen MR) is 63.0 cm³/mol. The van der Waals surface area contributed by atoms with Crippen molar-refractivity contribution >= 4 is 24.3 Å². The largest absolute Gasteiger partial charge is 0.458 e. The van der Waals surface area contributed by atoms with Crippen LogP contribution in [0, 0.1) is 6.92 Å². The first-order valence-electron chi connectivity index (χ1n) is 4.80. The Morgan fingerprint density at radius 2 is 2.47 bits per heavy atom. The topological polar surface area (TPSA) is 49.9 Å². The second-order valence-corrected chi connectivity index (χ2v) is 3.24. The van der Waals surface area contributed by atoms with Gasteiger partial charge in [-0.05, 0) is 6.92 Å². The van der Waals surface area contributed by atoms with Gasteiger partial charge >= 0.3 is 0 Å². The van der Waals surface area contributed by atoms with Gasteiger partial charge in [0.15, 0.2) is 5.76 Å². The van der Waals surface area contributed by atoms with Gasteiger partial charge in [0, 0.05) is 12.6 Å². The third-order valence-electron chi connectivity index (χ3n) is 2.19. The third kappa shape index (κ3) is 1.83. The Bertz CT molecular complexity index is 441. The highest BCUT2D eigenvalue weighted by Crippen LogP contribution is 2.28. The van der Waals surface area contributed by atoms with E-state index in [1.165, 1.54) is 0 Å². The smallest absolute Gasteiger partial charge is 0.154 e. The van der Waals surface area contributed by atoms with Crippen LogP contribution in [-0.4, -0.2) is 26.1 Å². The van der Waals surface area contributed by atoms with Gasteiger partial charge in [-0.1, -0.05) is 12.2 Å². The highest BCUT2D eigenvalue weighted by molar-refractivity contribution is 5.92.